The molecule has 0 saturated carbocycles. The molecule has 1 rings (SSSR count). The molecule has 0 radical (unpaired) electrons. The Morgan fingerprint density at radius 1 is 1.42 bits per heavy atom. The van der Waals surface area contributed by atoms with Crippen molar-refractivity contribution in [2.45, 2.75) is 26.8 Å². The van der Waals surface area contributed by atoms with E-state index in [1.807, 2.05) is 0 Å². The maximum atomic E-state index is 5.49. The molecule has 0 bridgehead atoms. The summed E-state index contributed by atoms with van der Waals surface area (Å²) in [6.07, 6.45) is 0. The van der Waals surface area contributed by atoms with Crippen LogP contribution in [0.15, 0.2) is 10.8 Å². The summed E-state index contributed by atoms with van der Waals surface area (Å²) in [5.74, 6) is 6.02. The van der Waals surface area contributed by atoms with Crippen LogP contribution < -0.4 is 11.3 Å². The molecule has 3 heteroatoms. The molecule has 0 aliphatic heterocycles. The van der Waals surface area contributed by atoms with Crippen molar-refractivity contribution < 1.29 is 0 Å². The molecular formula is C9H16N2S. The molecule has 0 aliphatic carbocycles. The van der Waals surface area contributed by atoms with Crippen molar-refractivity contribution in [1.82, 2.24) is 5.43 Å². The summed E-state index contributed by atoms with van der Waals surface area (Å²) in [5, 5.41) is 4.32. The standard InChI is InChI=1S/C9H16N2S/c1-6(2)9(11-10)8-5-12-4-7(8)3/h4-6,9,11H,10H2,1-3H3. The Kier molecular flexibility index (Phi) is 3.26. The van der Waals surface area contributed by atoms with Crippen LogP contribution in [0.25, 0.3) is 0 Å². The van der Waals surface area contributed by atoms with Crippen LogP contribution in [0.1, 0.15) is 31.0 Å². The third-order valence-electron chi connectivity index (χ3n) is 2.08. The summed E-state index contributed by atoms with van der Waals surface area (Å²) in [6, 6.07) is 0.288. The minimum atomic E-state index is 0.288. The van der Waals surface area contributed by atoms with Crippen LogP contribution in [-0.4, -0.2) is 0 Å². The van der Waals surface area contributed by atoms with Gasteiger partial charge in [-0.3, -0.25) is 11.3 Å². The van der Waals surface area contributed by atoms with E-state index in [1.165, 1.54) is 11.1 Å². The van der Waals surface area contributed by atoms with Crippen LogP contribution in [0.4, 0.5) is 0 Å². The second-order valence-corrected chi connectivity index (χ2v) is 4.14. The van der Waals surface area contributed by atoms with Gasteiger partial charge in [0.1, 0.15) is 0 Å². The summed E-state index contributed by atoms with van der Waals surface area (Å²) in [6.45, 7) is 6.46. The van der Waals surface area contributed by atoms with Crippen LogP contribution in [-0.2, 0) is 0 Å². The first-order chi connectivity index (χ1) is 5.66. The summed E-state index contributed by atoms with van der Waals surface area (Å²) >= 11 is 1.73. The molecule has 0 saturated heterocycles. The third-order valence-corrected chi connectivity index (χ3v) is 2.96. The molecule has 0 aliphatic rings. The molecular weight excluding hydrogens is 168 g/mol. The lowest BCUT2D eigenvalue weighted by molar-refractivity contribution is 0.420. The first kappa shape index (κ1) is 9.71. The molecule has 0 fully saturated rings. The van der Waals surface area contributed by atoms with E-state index in [0.717, 1.165) is 0 Å². The number of hydrogen-bond donors (Lipinski definition) is 2. The van der Waals surface area contributed by atoms with Crippen LogP contribution in [0.3, 0.4) is 0 Å². The van der Waals surface area contributed by atoms with E-state index < -0.39 is 0 Å². The van der Waals surface area contributed by atoms with Gasteiger partial charge >= 0.3 is 0 Å². The Morgan fingerprint density at radius 2 is 2.08 bits per heavy atom. The number of hydrazine groups is 1. The molecule has 1 atom stereocenters. The summed E-state index contributed by atoms with van der Waals surface area (Å²) in [4.78, 5) is 0. The lowest BCUT2D eigenvalue weighted by Crippen LogP contribution is -2.31. The quantitative estimate of drug-likeness (QED) is 0.558. The van der Waals surface area contributed by atoms with Gasteiger partial charge in [0.2, 0.25) is 0 Å². The van der Waals surface area contributed by atoms with Crippen molar-refractivity contribution in [3.05, 3.63) is 21.9 Å². The largest absolute Gasteiger partial charge is 0.271 e. The fraction of sp³-hybridized carbons (Fsp3) is 0.556. The number of aryl methyl sites for hydroxylation is 1. The second-order valence-electron chi connectivity index (χ2n) is 3.40. The molecule has 0 amide bonds. The van der Waals surface area contributed by atoms with Crippen molar-refractivity contribution >= 4 is 11.3 Å². The van der Waals surface area contributed by atoms with Gasteiger partial charge in [0.05, 0.1) is 0 Å². The van der Waals surface area contributed by atoms with Gasteiger partial charge in [0, 0.05) is 6.04 Å². The second kappa shape index (κ2) is 4.03. The molecule has 1 heterocycles. The van der Waals surface area contributed by atoms with Gasteiger partial charge in [-0.05, 0) is 34.7 Å². The topological polar surface area (TPSA) is 38.0 Å². The molecule has 0 spiro atoms. The number of thiophene rings is 1. The first-order valence-corrected chi connectivity index (χ1v) is 5.10. The van der Waals surface area contributed by atoms with Crippen LogP contribution in [0.2, 0.25) is 0 Å². The smallest absolute Gasteiger partial charge is 0.0493 e. The van der Waals surface area contributed by atoms with Crippen LogP contribution in [0.5, 0.6) is 0 Å². The van der Waals surface area contributed by atoms with Crippen molar-refractivity contribution in [3.8, 4) is 0 Å². The average molecular weight is 184 g/mol. The minimum absolute atomic E-state index is 0.288. The molecule has 12 heavy (non-hydrogen) atoms. The van der Waals surface area contributed by atoms with Gasteiger partial charge in [-0.2, -0.15) is 11.3 Å². The average Bonchev–Trinajstić information content (AvgIpc) is 2.38. The van der Waals surface area contributed by atoms with Crippen LogP contribution >= 0.6 is 11.3 Å². The SMILES string of the molecule is Cc1cscc1C(NN)C(C)C. The molecule has 2 nitrogen and oxygen atoms in total. The van der Waals surface area contributed by atoms with E-state index in [2.05, 4.69) is 37.0 Å². The van der Waals surface area contributed by atoms with E-state index in [0.29, 0.717) is 5.92 Å². The maximum absolute atomic E-state index is 5.49. The molecule has 1 unspecified atom stereocenters. The fourth-order valence-corrected chi connectivity index (χ4v) is 2.22. The van der Waals surface area contributed by atoms with Gasteiger partial charge in [0.25, 0.3) is 0 Å². The Labute approximate surface area is 77.8 Å². The van der Waals surface area contributed by atoms with Crippen molar-refractivity contribution in [3.63, 3.8) is 0 Å². The summed E-state index contributed by atoms with van der Waals surface area (Å²) < 4.78 is 0. The minimum Gasteiger partial charge on any atom is -0.271 e. The van der Waals surface area contributed by atoms with E-state index in [1.54, 1.807) is 11.3 Å². The third kappa shape index (κ3) is 1.86. The zero-order chi connectivity index (χ0) is 9.14. The Balaban J connectivity index is 2.87. The summed E-state index contributed by atoms with van der Waals surface area (Å²) in [5.41, 5.74) is 5.51. The zero-order valence-corrected chi connectivity index (χ0v) is 8.61. The lowest BCUT2D eigenvalue weighted by Gasteiger charge is -2.19. The van der Waals surface area contributed by atoms with E-state index >= 15 is 0 Å². The molecule has 1 aromatic rings. The number of nitrogens with one attached hydrogen (secondary N) is 1. The predicted molar refractivity (Wildman–Crippen MR) is 54.0 cm³/mol. The number of hydrogen-bond acceptors (Lipinski definition) is 3. The van der Waals surface area contributed by atoms with Crippen LogP contribution in [0, 0.1) is 12.8 Å². The van der Waals surface area contributed by atoms with Crippen molar-refractivity contribution in [1.29, 1.82) is 0 Å². The van der Waals surface area contributed by atoms with Gasteiger partial charge in [0.15, 0.2) is 0 Å². The fourth-order valence-electron chi connectivity index (χ4n) is 1.33. The molecule has 3 N–H and O–H groups in total. The van der Waals surface area contributed by atoms with Gasteiger partial charge in [-0.25, -0.2) is 0 Å². The highest BCUT2D eigenvalue weighted by Gasteiger charge is 2.15. The monoisotopic (exact) mass is 184 g/mol. The lowest BCUT2D eigenvalue weighted by atomic mass is 9.97. The van der Waals surface area contributed by atoms with Gasteiger partial charge in [-0.15, -0.1) is 0 Å². The Hall–Kier alpha value is -0.380. The summed E-state index contributed by atoms with van der Waals surface area (Å²) in [7, 11) is 0. The van der Waals surface area contributed by atoms with E-state index in [4.69, 9.17) is 5.84 Å². The maximum Gasteiger partial charge on any atom is 0.0493 e. The van der Waals surface area contributed by atoms with Gasteiger partial charge < -0.3 is 0 Å². The normalized spacial score (nSPS) is 13.8. The van der Waals surface area contributed by atoms with E-state index in [9.17, 15) is 0 Å². The van der Waals surface area contributed by atoms with Crippen molar-refractivity contribution in [2.75, 3.05) is 0 Å². The Bertz CT molecular complexity index is 242. The van der Waals surface area contributed by atoms with Crippen molar-refractivity contribution in [2.24, 2.45) is 11.8 Å². The van der Waals surface area contributed by atoms with E-state index in [-0.39, 0.29) is 6.04 Å². The molecule has 1 aromatic heterocycles. The number of rotatable bonds is 3. The molecule has 68 valence electrons. The highest BCUT2D eigenvalue weighted by Crippen LogP contribution is 2.26. The molecule has 0 aromatic carbocycles. The number of nitrogens with two attached hydrogens (primary N) is 1. The highest BCUT2D eigenvalue weighted by molar-refractivity contribution is 7.08. The Morgan fingerprint density at radius 3 is 2.42 bits per heavy atom. The zero-order valence-electron chi connectivity index (χ0n) is 7.79. The predicted octanol–water partition coefficient (Wildman–Crippen LogP) is 2.22. The van der Waals surface area contributed by atoms with Gasteiger partial charge in [-0.1, -0.05) is 13.8 Å². The first-order valence-electron chi connectivity index (χ1n) is 4.15. The highest BCUT2D eigenvalue weighted by atomic mass is 32.1.